The van der Waals surface area contributed by atoms with Gasteiger partial charge in [-0.25, -0.2) is 0 Å². The highest BCUT2D eigenvalue weighted by Crippen LogP contribution is 2.48. The van der Waals surface area contributed by atoms with Gasteiger partial charge in [-0.15, -0.1) is 24.2 Å². The average Bonchev–Trinajstić information content (AvgIpc) is 2.39. The molecule has 104 valence electrons. The van der Waals surface area contributed by atoms with E-state index in [9.17, 15) is 4.79 Å². The highest BCUT2D eigenvalue weighted by molar-refractivity contribution is 8.01. The van der Waals surface area contributed by atoms with Gasteiger partial charge in [0.2, 0.25) is 0 Å². The average molecular weight is 300 g/mol. The summed E-state index contributed by atoms with van der Waals surface area (Å²) in [5, 5.41) is 3.37. The van der Waals surface area contributed by atoms with E-state index in [-0.39, 0.29) is 22.9 Å². The van der Waals surface area contributed by atoms with Crippen molar-refractivity contribution >= 4 is 30.0 Å². The molecule has 2 aliphatic rings. The minimum absolute atomic E-state index is 0. The zero-order valence-electron chi connectivity index (χ0n) is 10.9. The fourth-order valence-electron chi connectivity index (χ4n) is 2.76. The van der Waals surface area contributed by atoms with Crippen molar-refractivity contribution in [1.82, 2.24) is 5.32 Å². The molecule has 1 saturated heterocycles. The maximum atomic E-state index is 12.3. The smallest absolute Gasteiger partial charge is 0.165 e. The molecule has 0 aliphatic carbocycles. The van der Waals surface area contributed by atoms with E-state index in [1.54, 1.807) is 7.11 Å². The summed E-state index contributed by atoms with van der Waals surface area (Å²) in [7, 11) is 1.64. The molecule has 0 atom stereocenters. The Bertz CT molecular complexity index is 486. The van der Waals surface area contributed by atoms with Crippen molar-refractivity contribution in [3.63, 3.8) is 0 Å². The number of benzene rings is 1. The zero-order chi connectivity index (χ0) is 12.6. The maximum absolute atomic E-state index is 12.3. The second kappa shape index (κ2) is 5.73. The number of hydrogen-bond acceptors (Lipinski definition) is 4. The summed E-state index contributed by atoms with van der Waals surface area (Å²) in [6, 6.07) is 5.84. The van der Waals surface area contributed by atoms with Crippen LogP contribution in [0.5, 0.6) is 5.75 Å². The molecule has 1 aromatic carbocycles. The lowest BCUT2D eigenvalue weighted by Gasteiger charge is -2.39. The van der Waals surface area contributed by atoms with Gasteiger partial charge in [0.25, 0.3) is 0 Å². The fourth-order valence-corrected chi connectivity index (χ4v) is 4.26. The Kier molecular flexibility index (Phi) is 4.43. The standard InChI is InChI=1S/C14H17NO2S.ClH/c1-17-10-2-3-13-11(8-10)12(16)9-14(18-13)4-6-15-7-5-14;/h2-3,8,15H,4-7,9H2,1H3;1H. The number of ketones is 1. The molecule has 1 aromatic rings. The summed E-state index contributed by atoms with van der Waals surface area (Å²) < 4.78 is 5.32. The number of rotatable bonds is 1. The van der Waals surface area contributed by atoms with Gasteiger partial charge in [-0.2, -0.15) is 0 Å². The normalized spacial score (nSPS) is 20.6. The molecule has 19 heavy (non-hydrogen) atoms. The van der Waals surface area contributed by atoms with Gasteiger partial charge < -0.3 is 10.1 Å². The SMILES string of the molecule is COc1ccc2c(c1)C(=O)CC1(CCNCC1)S2.Cl. The number of fused-ring (bicyclic) bond motifs is 1. The number of Topliss-reactive ketones (excluding diaryl/α,β-unsaturated/α-hetero) is 1. The van der Waals surface area contributed by atoms with E-state index < -0.39 is 0 Å². The molecule has 5 heteroatoms. The summed E-state index contributed by atoms with van der Waals surface area (Å²) in [6.45, 7) is 2.04. The van der Waals surface area contributed by atoms with Crippen LogP contribution in [0.4, 0.5) is 0 Å². The van der Waals surface area contributed by atoms with Gasteiger partial charge in [0.05, 0.1) is 7.11 Å². The third-order valence-corrected chi connectivity index (χ3v) is 5.37. The molecule has 1 N–H and O–H groups in total. The maximum Gasteiger partial charge on any atom is 0.165 e. The van der Waals surface area contributed by atoms with Crippen molar-refractivity contribution in [3.8, 4) is 5.75 Å². The van der Waals surface area contributed by atoms with Gasteiger partial charge in [-0.3, -0.25) is 4.79 Å². The van der Waals surface area contributed by atoms with Gasteiger partial charge in [0.1, 0.15) is 5.75 Å². The van der Waals surface area contributed by atoms with Crippen molar-refractivity contribution in [2.75, 3.05) is 20.2 Å². The number of piperidine rings is 1. The highest BCUT2D eigenvalue weighted by atomic mass is 35.5. The topological polar surface area (TPSA) is 38.3 Å². The molecule has 0 unspecified atom stereocenters. The Hall–Kier alpha value is -0.710. The van der Waals surface area contributed by atoms with Crippen LogP contribution in [0.3, 0.4) is 0 Å². The fraction of sp³-hybridized carbons (Fsp3) is 0.500. The van der Waals surface area contributed by atoms with Crippen molar-refractivity contribution < 1.29 is 9.53 Å². The zero-order valence-corrected chi connectivity index (χ0v) is 12.5. The van der Waals surface area contributed by atoms with Crippen molar-refractivity contribution in [2.45, 2.75) is 28.9 Å². The molecule has 3 rings (SSSR count). The second-order valence-electron chi connectivity index (χ2n) is 5.00. The molecule has 1 spiro atoms. The second-order valence-corrected chi connectivity index (χ2v) is 6.51. The van der Waals surface area contributed by atoms with Gasteiger partial charge in [0.15, 0.2) is 5.78 Å². The van der Waals surface area contributed by atoms with Crippen LogP contribution in [0.1, 0.15) is 29.6 Å². The largest absolute Gasteiger partial charge is 0.497 e. The third-order valence-electron chi connectivity index (χ3n) is 3.81. The number of methoxy groups -OCH3 is 1. The molecule has 1 fully saturated rings. The van der Waals surface area contributed by atoms with E-state index in [1.165, 1.54) is 0 Å². The van der Waals surface area contributed by atoms with Crippen LogP contribution in [-0.2, 0) is 0 Å². The predicted molar refractivity (Wildman–Crippen MR) is 79.9 cm³/mol. The summed E-state index contributed by atoms with van der Waals surface area (Å²) in [4.78, 5) is 13.5. The minimum atomic E-state index is 0. The van der Waals surface area contributed by atoms with E-state index in [4.69, 9.17) is 4.74 Å². The van der Waals surface area contributed by atoms with Crippen molar-refractivity contribution in [1.29, 1.82) is 0 Å². The number of ether oxygens (including phenoxy) is 1. The summed E-state index contributed by atoms with van der Waals surface area (Å²) >= 11 is 1.89. The van der Waals surface area contributed by atoms with Crippen LogP contribution < -0.4 is 10.1 Å². The molecular weight excluding hydrogens is 282 g/mol. The van der Waals surface area contributed by atoms with Crippen LogP contribution in [0.2, 0.25) is 0 Å². The monoisotopic (exact) mass is 299 g/mol. The number of halogens is 1. The lowest BCUT2D eigenvalue weighted by atomic mass is 9.89. The number of nitrogens with one attached hydrogen (secondary N) is 1. The van der Waals surface area contributed by atoms with Gasteiger partial charge >= 0.3 is 0 Å². The number of carbonyl (C=O) groups is 1. The first kappa shape index (κ1) is 14.7. The summed E-state index contributed by atoms with van der Waals surface area (Å²) in [6.07, 6.45) is 2.82. The Morgan fingerprint density at radius 2 is 2.05 bits per heavy atom. The third kappa shape index (κ3) is 2.76. The molecule has 0 bridgehead atoms. The Labute approximate surface area is 123 Å². The molecule has 3 nitrogen and oxygen atoms in total. The van der Waals surface area contributed by atoms with Crippen LogP contribution in [0.25, 0.3) is 0 Å². The van der Waals surface area contributed by atoms with E-state index in [0.717, 1.165) is 42.1 Å². The van der Waals surface area contributed by atoms with E-state index in [0.29, 0.717) is 6.42 Å². The number of thioether (sulfide) groups is 1. The van der Waals surface area contributed by atoms with Gasteiger partial charge in [-0.05, 0) is 44.1 Å². The first-order valence-corrected chi connectivity index (χ1v) is 7.15. The number of carbonyl (C=O) groups excluding carboxylic acids is 1. The minimum Gasteiger partial charge on any atom is -0.497 e. The summed E-state index contributed by atoms with van der Waals surface area (Å²) in [5.74, 6) is 1.04. The van der Waals surface area contributed by atoms with Gasteiger partial charge in [-0.1, -0.05) is 0 Å². The Morgan fingerprint density at radius 3 is 2.74 bits per heavy atom. The van der Waals surface area contributed by atoms with Crippen LogP contribution in [-0.4, -0.2) is 30.7 Å². The molecule has 0 radical (unpaired) electrons. The van der Waals surface area contributed by atoms with Crippen molar-refractivity contribution in [2.24, 2.45) is 0 Å². The molecule has 0 aromatic heterocycles. The van der Waals surface area contributed by atoms with Crippen molar-refractivity contribution in [3.05, 3.63) is 23.8 Å². The Balaban J connectivity index is 0.00000133. The highest BCUT2D eigenvalue weighted by Gasteiger charge is 2.40. The van der Waals surface area contributed by atoms with Crippen LogP contribution >= 0.6 is 24.2 Å². The molecule has 2 heterocycles. The summed E-state index contributed by atoms with van der Waals surface area (Å²) in [5.41, 5.74) is 0.837. The number of hydrogen-bond donors (Lipinski definition) is 1. The van der Waals surface area contributed by atoms with E-state index in [1.807, 2.05) is 30.0 Å². The van der Waals surface area contributed by atoms with E-state index in [2.05, 4.69) is 5.32 Å². The van der Waals surface area contributed by atoms with E-state index >= 15 is 0 Å². The molecule has 0 amide bonds. The van der Waals surface area contributed by atoms with Crippen LogP contribution in [0.15, 0.2) is 23.1 Å². The van der Waals surface area contributed by atoms with Gasteiger partial charge in [0, 0.05) is 21.6 Å². The lowest BCUT2D eigenvalue weighted by molar-refractivity contribution is 0.0955. The molecular formula is C14H18ClNO2S. The predicted octanol–water partition coefficient (Wildman–Crippen LogP) is 2.92. The van der Waals surface area contributed by atoms with Crippen LogP contribution in [0, 0.1) is 0 Å². The first-order valence-electron chi connectivity index (χ1n) is 6.33. The lowest BCUT2D eigenvalue weighted by Crippen LogP contribution is -2.42. The Morgan fingerprint density at radius 1 is 1.32 bits per heavy atom. The molecule has 0 saturated carbocycles. The first-order chi connectivity index (χ1) is 8.72. The quantitative estimate of drug-likeness (QED) is 0.865. The molecule has 2 aliphatic heterocycles.